The molecule has 0 spiro atoms. The van der Waals surface area contributed by atoms with Crippen LogP contribution in [0.3, 0.4) is 0 Å². The van der Waals surface area contributed by atoms with Gasteiger partial charge >= 0.3 is 0 Å². The van der Waals surface area contributed by atoms with E-state index in [9.17, 15) is 4.79 Å². The fourth-order valence-corrected chi connectivity index (χ4v) is 4.16. The van der Waals surface area contributed by atoms with Gasteiger partial charge in [0.05, 0.1) is 5.56 Å². The molecule has 1 aromatic carbocycles. The average molecular weight is 428 g/mol. The first-order valence-corrected chi connectivity index (χ1v) is 9.81. The van der Waals surface area contributed by atoms with Gasteiger partial charge in [0.15, 0.2) is 0 Å². The molecule has 1 aliphatic rings. The highest BCUT2D eigenvalue weighted by molar-refractivity contribution is 14.1. The molecule has 1 aromatic rings. The van der Waals surface area contributed by atoms with Crippen molar-refractivity contribution < 1.29 is 4.79 Å². The predicted molar refractivity (Wildman–Crippen MR) is 105 cm³/mol. The molecule has 0 bridgehead atoms. The van der Waals surface area contributed by atoms with E-state index in [0.717, 1.165) is 52.5 Å². The number of piperidine rings is 1. The lowest BCUT2D eigenvalue weighted by atomic mass is 9.92. The minimum Gasteiger partial charge on any atom is -0.352 e. The van der Waals surface area contributed by atoms with Gasteiger partial charge in [0.1, 0.15) is 0 Å². The Morgan fingerprint density at radius 2 is 1.96 bits per heavy atom. The van der Waals surface area contributed by atoms with Gasteiger partial charge in [-0.15, -0.1) is 0 Å². The topological polar surface area (TPSA) is 32.3 Å². The Morgan fingerprint density at radius 1 is 1.26 bits per heavy atom. The van der Waals surface area contributed by atoms with Gasteiger partial charge in [-0.05, 0) is 78.8 Å². The van der Waals surface area contributed by atoms with E-state index in [1.54, 1.807) is 0 Å². The fourth-order valence-electron chi connectivity index (χ4n) is 3.55. The Labute approximate surface area is 154 Å². The van der Waals surface area contributed by atoms with Crippen molar-refractivity contribution in [1.82, 2.24) is 10.2 Å². The molecule has 3 nitrogen and oxygen atoms in total. The first kappa shape index (κ1) is 18.7. The zero-order valence-corrected chi connectivity index (χ0v) is 16.7. The maximum absolute atomic E-state index is 12.2. The number of benzene rings is 1. The maximum atomic E-state index is 12.2. The molecule has 128 valence electrons. The van der Waals surface area contributed by atoms with E-state index in [1.165, 1.54) is 19.5 Å². The number of unbranched alkanes of at least 4 members (excludes halogenated alkanes) is 1. The molecule has 0 aliphatic carbocycles. The molecule has 0 aromatic heterocycles. The largest absolute Gasteiger partial charge is 0.352 e. The number of hydrogen-bond acceptors (Lipinski definition) is 2. The Kier molecular flexibility index (Phi) is 7.34. The molecule has 23 heavy (non-hydrogen) atoms. The normalized spacial score (nSPS) is 22.1. The van der Waals surface area contributed by atoms with Gasteiger partial charge < -0.3 is 10.2 Å². The number of nitrogens with zero attached hydrogens (tertiary/aromatic N) is 1. The second-order valence-corrected chi connectivity index (χ2v) is 8.18. The van der Waals surface area contributed by atoms with Crippen LogP contribution in [0.5, 0.6) is 0 Å². The Hall–Kier alpha value is -0.620. The summed E-state index contributed by atoms with van der Waals surface area (Å²) < 4.78 is 1.05. The van der Waals surface area contributed by atoms with Gasteiger partial charge in [-0.25, -0.2) is 0 Å². The summed E-state index contributed by atoms with van der Waals surface area (Å²) in [6.07, 6.45) is 3.57. The van der Waals surface area contributed by atoms with Crippen LogP contribution in [0, 0.1) is 22.3 Å². The number of nitrogens with one attached hydrogen (secondary N) is 1. The van der Waals surface area contributed by atoms with E-state index in [-0.39, 0.29) is 5.91 Å². The summed E-state index contributed by atoms with van der Waals surface area (Å²) >= 11 is 2.25. The third-order valence-electron chi connectivity index (χ3n) is 4.57. The Balaban J connectivity index is 1.67. The van der Waals surface area contributed by atoms with Crippen LogP contribution < -0.4 is 5.32 Å². The second-order valence-electron chi connectivity index (χ2n) is 7.11. The highest BCUT2D eigenvalue weighted by Crippen LogP contribution is 2.21. The monoisotopic (exact) mass is 428 g/mol. The molecule has 2 atom stereocenters. The summed E-state index contributed by atoms with van der Waals surface area (Å²) in [5.41, 5.74) is 1.95. The zero-order chi connectivity index (χ0) is 16.8. The van der Waals surface area contributed by atoms with E-state index >= 15 is 0 Å². The van der Waals surface area contributed by atoms with E-state index < -0.39 is 0 Å². The van der Waals surface area contributed by atoms with Gasteiger partial charge in [-0.2, -0.15) is 0 Å². The smallest absolute Gasteiger partial charge is 0.252 e. The molecule has 0 unspecified atom stereocenters. The highest BCUT2D eigenvalue weighted by Gasteiger charge is 2.21. The van der Waals surface area contributed by atoms with Gasteiger partial charge in [0.25, 0.3) is 5.91 Å². The van der Waals surface area contributed by atoms with Gasteiger partial charge in [-0.1, -0.05) is 26.0 Å². The van der Waals surface area contributed by atoms with Crippen LogP contribution in [0.4, 0.5) is 0 Å². The van der Waals surface area contributed by atoms with Gasteiger partial charge in [0, 0.05) is 23.2 Å². The lowest BCUT2D eigenvalue weighted by molar-refractivity contribution is 0.0950. The van der Waals surface area contributed by atoms with Crippen molar-refractivity contribution in [2.24, 2.45) is 11.8 Å². The molecule has 1 saturated heterocycles. The van der Waals surface area contributed by atoms with Crippen molar-refractivity contribution in [2.45, 2.75) is 40.0 Å². The lowest BCUT2D eigenvalue weighted by Gasteiger charge is -2.34. The molecule has 1 amide bonds. The van der Waals surface area contributed by atoms with Crippen LogP contribution in [0.25, 0.3) is 0 Å². The number of halogens is 1. The molecule has 0 saturated carbocycles. The first-order chi connectivity index (χ1) is 11.0. The van der Waals surface area contributed by atoms with Gasteiger partial charge in [0.2, 0.25) is 0 Å². The summed E-state index contributed by atoms with van der Waals surface area (Å²) in [4.78, 5) is 14.8. The molecule has 1 aliphatic heterocycles. The summed E-state index contributed by atoms with van der Waals surface area (Å²) in [6, 6.07) is 5.89. The minimum absolute atomic E-state index is 0.0540. The van der Waals surface area contributed by atoms with E-state index in [0.29, 0.717) is 0 Å². The number of likely N-dealkylation sites (tertiary alicyclic amines) is 1. The van der Waals surface area contributed by atoms with E-state index in [1.807, 2.05) is 25.1 Å². The number of rotatable bonds is 6. The number of carbonyl (C=O) groups is 1. The van der Waals surface area contributed by atoms with E-state index in [4.69, 9.17) is 0 Å². The quantitative estimate of drug-likeness (QED) is 0.547. The highest BCUT2D eigenvalue weighted by atomic mass is 127. The van der Waals surface area contributed by atoms with E-state index in [2.05, 4.69) is 46.7 Å². The second kappa shape index (κ2) is 9.02. The van der Waals surface area contributed by atoms with Crippen molar-refractivity contribution >= 4 is 28.5 Å². The summed E-state index contributed by atoms with van der Waals surface area (Å²) in [6.45, 7) is 11.1. The van der Waals surface area contributed by atoms with Crippen LogP contribution >= 0.6 is 22.6 Å². The molecule has 1 fully saturated rings. The van der Waals surface area contributed by atoms with Crippen molar-refractivity contribution in [3.8, 4) is 0 Å². The van der Waals surface area contributed by atoms with Gasteiger partial charge in [-0.3, -0.25) is 4.79 Å². The van der Waals surface area contributed by atoms with Crippen LogP contribution in [-0.2, 0) is 0 Å². The number of hydrogen-bond donors (Lipinski definition) is 1. The van der Waals surface area contributed by atoms with Crippen LogP contribution in [-0.4, -0.2) is 37.0 Å². The number of carbonyl (C=O) groups excluding carboxylic acids is 1. The third-order valence-corrected chi connectivity index (χ3v) is 6.00. The first-order valence-electron chi connectivity index (χ1n) is 8.73. The molecule has 2 rings (SSSR count). The summed E-state index contributed by atoms with van der Waals surface area (Å²) in [5, 5.41) is 3.06. The van der Waals surface area contributed by atoms with Crippen LogP contribution in [0.1, 0.15) is 49.0 Å². The maximum Gasteiger partial charge on any atom is 0.252 e. The Bertz CT molecular complexity index is 522. The molecule has 1 heterocycles. The molecule has 4 heteroatoms. The summed E-state index contributed by atoms with van der Waals surface area (Å²) in [7, 11) is 0. The predicted octanol–water partition coefficient (Wildman–Crippen LogP) is 4.09. The van der Waals surface area contributed by atoms with Crippen LogP contribution in [0.15, 0.2) is 18.2 Å². The van der Waals surface area contributed by atoms with Crippen molar-refractivity contribution in [3.63, 3.8) is 0 Å². The number of amides is 1. The van der Waals surface area contributed by atoms with Crippen molar-refractivity contribution in [1.29, 1.82) is 0 Å². The van der Waals surface area contributed by atoms with Crippen molar-refractivity contribution in [2.75, 3.05) is 26.2 Å². The lowest BCUT2D eigenvalue weighted by Crippen LogP contribution is -2.39. The SMILES string of the molecule is Cc1cccc(C(=O)NCCCCN2C[C@H](C)C[C@@H](C)C2)c1I. The molecular weight excluding hydrogens is 399 g/mol. The fraction of sp³-hybridized carbons (Fsp3) is 0.632. The van der Waals surface area contributed by atoms with Crippen LogP contribution in [0.2, 0.25) is 0 Å². The molecular formula is C19H29IN2O. The third kappa shape index (κ3) is 5.75. The van der Waals surface area contributed by atoms with Crippen molar-refractivity contribution in [3.05, 3.63) is 32.9 Å². The average Bonchev–Trinajstić information content (AvgIpc) is 2.48. The standard InChI is InChI=1S/C19H29IN2O/c1-14-11-15(2)13-22(12-14)10-5-4-9-21-19(23)17-8-6-7-16(3)18(17)20/h6-8,14-15H,4-5,9-13H2,1-3H3,(H,21,23)/t14-,15-/m1/s1. The zero-order valence-electron chi connectivity index (χ0n) is 14.6. The molecule has 1 N–H and O–H groups in total. The Morgan fingerprint density at radius 3 is 2.65 bits per heavy atom. The molecule has 0 radical (unpaired) electrons. The summed E-state index contributed by atoms with van der Waals surface area (Å²) in [5.74, 6) is 1.70. The minimum atomic E-state index is 0.0540. The number of aryl methyl sites for hydroxylation is 1.